The van der Waals surface area contributed by atoms with Gasteiger partial charge in [0, 0.05) is 19.3 Å². The molecule has 0 rings (SSSR count). The number of ether oxygens (including phenoxy) is 3. The van der Waals surface area contributed by atoms with Crippen LogP contribution in [0.4, 0.5) is 0 Å². The van der Waals surface area contributed by atoms with Crippen LogP contribution >= 0.6 is 0 Å². The Kier molecular flexibility index (Phi) is 46.4. The van der Waals surface area contributed by atoms with E-state index in [0.717, 1.165) is 83.5 Å². The van der Waals surface area contributed by atoms with E-state index < -0.39 is 6.10 Å². The molecule has 59 heavy (non-hydrogen) atoms. The maximum absolute atomic E-state index is 12.8. The van der Waals surface area contributed by atoms with Gasteiger partial charge in [-0.3, -0.25) is 14.4 Å². The molecule has 0 spiro atoms. The summed E-state index contributed by atoms with van der Waals surface area (Å²) in [7, 11) is 0. The van der Waals surface area contributed by atoms with Crippen molar-refractivity contribution in [1.29, 1.82) is 0 Å². The van der Waals surface area contributed by atoms with Gasteiger partial charge in [0.15, 0.2) is 6.10 Å². The predicted octanol–water partition coefficient (Wildman–Crippen LogP) is 16.5. The molecule has 0 aliphatic heterocycles. The minimum absolute atomic E-state index is 0.0811. The lowest BCUT2D eigenvalue weighted by Crippen LogP contribution is -2.30. The second kappa shape index (κ2) is 48.3. The molecule has 0 aromatic carbocycles. The van der Waals surface area contributed by atoms with E-state index >= 15 is 0 Å². The summed E-state index contributed by atoms with van der Waals surface area (Å²) in [6, 6.07) is 0. The summed E-state index contributed by atoms with van der Waals surface area (Å²) in [6.45, 7) is 6.59. The number of carbonyl (C=O) groups excluding carboxylic acids is 3. The molecule has 0 bridgehead atoms. The van der Waals surface area contributed by atoms with Crippen molar-refractivity contribution in [2.45, 2.75) is 271 Å². The third kappa shape index (κ3) is 46.5. The van der Waals surface area contributed by atoms with E-state index in [9.17, 15) is 14.4 Å². The predicted molar refractivity (Wildman–Crippen MR) is 252 cm³/mol. The first-order chi connectivity index (χ1) is 29.0. The summed E-state index contributed by atoms with van der Waals surface area (Å²) in [4.78, 5) is 37.9. The van der Waals surface area contributed by atoms with Crippen LogP contribution in [0, 0.1) is 0 Å². The van der Waals surface area contributed by atoms with Gasteiger partial charge in [0.2, 0.25) is 0 Å². The van der Waals surface area contributed by atoms with Gasteiger partial charge in [-0.25, -0.2) is 0 Å². The van der Waals surface area contributed by atoms with Crippen LogP contribution in [0.25, 0.3) is 0 Å². The molecular weight excluding hydrogens is 733 g/mol. The third-order valence-corrected chi connectivity index (χ3v) is 11.1. The van der Waals surface area contributed by atoms with Crippen molar-refractivity contribution < 1.29 is 28.6 Å². The summed E-state index contributed by atoms with van der Waals surface area (Å²) in [5.74, 6) is -0.900. The molecule has 0 N–H and O–H groups in total. The van der Waals surface area contributed by atoms with E-state index in [1.54, 1.807) is 0 Å². The van der Waals surface area contributed by atoms with Crippen molar-refractivity contribution >= 4 is 17.9 Å². The van der Waals surface area contributed by atoms with Gasteiger partial charge >= 0.3 is 17.9 Å². The van der Waals surface area contributed by atoms with Crippen LogP contribution in [0.5, 0.6) is 0 Å². The van der Waals surface area contributed by atoms with Gasteiger partial charge in [-0.1, -0.05) is 186 Å². The highest BCUT2D eigenvalue weighted by atomic mass is 16.6. The van der Waals surface area contributed by atoms with Crippen molar-refractivity contribution in [3.63, 3.8) is 0 Å². The van der Waals surface area contributed by atoms with Crippen LogP contribution in [0.1, 0.15) is 265 Å². The van der Waals surface area contributed by atoms with Crippen molar-refractivity contribution in [2.75, 3.05) is 13.2 Å². The topological polar surface area (TPSA) is 78.9 Å². The van der Waals surface area contributed by atoms with Gasteiger partial charge in [0.05, 0.1) is 0 Å². The zero-order chi connectivity index (χ0) is 43.0. The third-order valence-electron chi connectivity index (χ3n) is 11.1. The van der Waals surface area contributed by atoms with Crippen molar-refractivity contribution in [3.05, 3.63) is 36.5 Å². The van der Waals surface area contributed by atoms with E-state index in [0.29, 0.717) is 19.3 Å². The Morgan fingerprint density at radius 2 is 0.559 bits per heavy atom. The maximum Gasteiger partial charge on any atom is 0.306 e. The highest BCUT2D eigenvalue weighted by Gasteiger charge is 2.19. The van der Waals surface area contributed by atoms with Crippen LogP contribution in [0.3, 0.4) is 0 Å². The number of carbonyl (C=O) groups is 3. The lowest BCUT2D eigenvalue weighted by molar-refractivity contribution is -0.167. The monoisotopic (exact) mass is 829 g/mol. The highest BCUT2D eigenvalue weighted by Crippen LogP contribution is 2.14. The van der Waals surface area contributed by atoms with Crippen LogP contribution in [-0.4, -0.2) is 37.2 Å². The first-order valence-corrected chi connectivity index (χ1v) is 25.5. The van der Waals surface area contributed by atoms with Crippen molar-refractivity contribution in [3.8, 4) is 0 Å². The van der Waals surface area contributed by atoms with Crippen LogP contribution in [0.15, 0.2) is 36.5 Å². The summed E-state index contributed by atoms with van der Waals surface area (Å²) in [5.41, 5.74) is 0. The standard InChI is InChI=1S/C53H96O6/c1-4-7-10-13-16-19-22-25-26-29-31-34-37-40-43-46-52(55)58-49-50(59-53(56)47-44-41-38-35-32-28-24-21-18-15-12-9-6-3)48-57-51(54)45-42-39-36-33-30-27-23-20-17-14-11-8-5-2/h20-21,23-26,50H,4-19,22,27-49H2,1-3H3/b23-20-,24-21-,26-25-/t50-/m0/s1. The zero-order valence-electron chi connectivity index (χ0n) is 39.3. The summed E-state index contributed by atoms with van der Waals surface area (Å²) in [5, 5.41) is 0. The lowest BCUT2D eigenvalue weighted by Gasteiger charge is -2.18. The number of allylic oxidation sites excluding steroid dienone is 6. The molecule has 6 nitrogen and oxygen atoms in total. The van der Waals surface area contributed by atoms with Crippen molar-refractivity contribution in [1.82, 2.24) is 0 Å². The van der Waals surface area contributed by atoms with Gasteiger partial charge in [0.25, 0.3) is 0 Å². The number of hydrogen-bond donors (Lipinski definition) is 0. The molecule has 1 atom stereocenters. The molecule has 0 aliphatic carbocycles. The fraction of sp³-hybridized carbons (Fsp3) is 0.830. The van der Waals surface area contributed by atoms with Gasteiger partial charge in [0.1, 0.15) is 13.2 Å². The summed E-state index contributed by atoms with van der Waals surface area (Å²) >= 11 is 0. The zero-order valence-corrected chi connectivity index (χ0v) is 39.3. The minimum atomic E-state index is -0.780. The molecule has 0 aromatic rings. The van der Waals surface area contributed by atoms with Crippen LogP contribution < -0.4 is 0 Å². The smallest absolute Gasteiger partial charge is 0.306 e. The molecule has 344 valence electrons. The molecule has 0 fully saturated rings. The fourth-order valence-corrected chi connectivity index (χ4v) is 7.19. The average Bonchev–Trinajstić information content (AvgIpc) is 3.23. The van der Waals surface area contributed by atoms with E-state index in [-0.39, 0.29) is 31.1 Å². The van der Waals surface area contributed by atoms with E-state index in [4.69, 9.17) is 14.2 Å². The largest absolute Gasteiger partial charge is 0.462 e. The quantitative estimate of drug-likeness (QED) is 0.0263. The van der Waals surface area contributed by atoms with E-state index in [1.807, 2.05) is 0 Å². The number of hydrogen-bond acceptors (Lipinski definition) is 6. The normalized spacial score (nSPS) is 12.3. The minimum Gasteiger partial charge on any atom is -0.462 e. The fourth-order valence-electron chi connectivity index (χ4n) is 7.19. The highest BCUT2D eigenvalue weighted by molar-refractivity contribution is 5.71. The van der Waals surface area contributed by atoms with Gasteiger partial charge < -0.3 is 14.2 Å². The summed E-state index contributed by atoms with van der Waals surface area (Å²) < 4.78 is 16.8. The van der Waals surface area contributed by atoms with Gasteiger partial charge in [-0.15, -0.1) is 0 Å². The SMILES string of the molecule is CCCCCC/C=C\CCCCCCCC(=O)OC[C@@H](COC(=O)CCCCCCC/C=C\CCCCCCCC)OC(=O)CCCCCCC/C=C\CCCCCC. The lowest BCUT2D eigenvalue weighted by atomic mass is 10.1. The Bertz CT molecular complexity index is 1000. The molecule has 0 heterocycles. The molecule has 6 heteroatoms. The van der Waals surface area contributed by atoms with E-state index in [2.05, 4.69) is 57.2 Å². The molecule has 0 saturated heterocycles. The second-order valence-corrected chi connectivity index (χ2v) is 17.1. The van der Waals surface area contributed by atoms with Gasteiger partial charge in [-0.05, 0) is 96.3 Å². The van der Waals surface area contributed by atoms with Gasteiger partial charge in [-0.2, -0.15) is 0 Å². The van der Waals surface area contributed by atoms with Crippen LogP contribution in [0.2, 0.25) is 0 Å². The first-order valence-electron chi connectivity index (χ1n) is 25.5. The average molecular weight is 829 g/mol. The van der Waals surface area contributed by atoms with Crippen LogP contribution in [-0.2, 0) is 28.6 Å². The number of esters is 3. The molecule has 0 aliphatic rings. The molecule has 0 saturated carbocycles. The number of unbranched alkanes of at least 4 members (excludes halogenated alkanes) is 29. The Morgan fingerprint density at radius 3 is 0.864 bits per heavy atom. The summed E-state index contributed by atoms with van der Waals surface area (Å²) in [6.07, 6.45) is 55.5. The molecule has 0 unspecified atom stereocenters. The Morgan fingerprint density at radius 1 is 0.322 bits per heavy atom. The number of rotatable bonds is 46. The first kappa shape index (κ1) is 56.6. The Hall–Kier alpha value is -2.37. The molecule has 0 aromatic heterocycles. The molecule has 0 amide bonds. The Labute approximate surface area is 365 Å². The molecular formula is C53H96O6. The second-order valence-electron chi connectivity index (χ2n) is 17.1. The van der Waals surface area contributed by atoms with E-state index in [1.165, 1.54) is 141 Å². The van der Waals surface area contributed by atoms with Crippen molar-refractivity contribution in [2.24, 2.45) is 0 Å². The molecule has 0 radical (unpaired) electrons. The maximum atomic E-state index is 12.8. The Balaban J connectivity index is 4.39.